The summed E-state index contributed by atoms with van der Waals surface area (Å²) >= 11 is 0. The largest absolute Gasteiger partial charge is 0.308 e. The molecule has 0 atom stereocenters. The monoisotopic (exact) mass is 269 g/mol. The first kappa shape index (κ1) is 12.1. The van der Waals surface area contributed by atoms with Gasteiger partial charge in [-0.15, -0.1) is 0 Å². The maximum absolute atomic E-state index is 12.0. The molecular formula is C16H19N3O. The van der Waals surface area contributed by atoms with Gasteiger partial charge in [0, 0.05) is 24.8 Å². The SMILES string of the molecule is O=c1cc(CNC(C2CC2)C2CC2)nc2ccccn12. The van der Waals surface area contributed by atoms with Crippen molar-refractivity contribution >= 4 is 5.65 Å². The van der Waals surface area contributed by atoms with Gasteiger partial charge >= 0.3 is 0 Å². The molecule has 2 heterocycles. The summed E-state index contributed by atoms with van der Waals surface area (Å²) in [6.07, 6.45) is 7.22. The molecule has 0 bridgehead atoms. The summed E-state index contributed by atoms with van der Waals surface area (Å²) in [7, 11) is 0. The molecule has 104 valence electrons. The summed E-state index contributed by atoms with van der Waals surface area (Å²) in [4.78, 5) is 16.6. The van der Waals surface area contributed by atoms with Gasteiger partial charge in [0.2, 0.25) is 0 Å². The third-order valence-electron chi connectivity index (χ3n) is 4.40. The minimum absolute atomic E-state index is 0.00166. The van der Waals surface area contributed by atoms with E-state index in [0.717, 1.165) is 23.2 Å². The molecule has 2 aromatic rings. The lowest BCUT2D eigenvalue weighted by atomic mass is 10.1. The van der Waals surface area contributed by atoms with Gasteiger partial charge in [-0.2, -0.15) is 0 Å². The van der Waals surface area contributed by atoms with Crippen LogP contribution in [0.5, 0.6) is 0 Å². The van der Waals surface area contributed by atoms with Crippen LogP contribution < -0.4 is 10.9 Å². The molecule has 2 aromatic heterocycles. The van der Waals surface area contributed by atoms with Crippen LogP contribution in [0.3, 0.4) is 0 Å². The molecule has 4 nitrogen and oxygen atoms in total. The van der Waals surface area contributed by atoms with Crippen LogP contribution in [-0.2, 0) is 6.54 Å². The highest BCUT2D eigenvalue weighted by Gasteiger charge is 2.40. The van der Waals surface area contributed by atoms with Gasteiger partial charge in [-0.05, 0) is 49.7 Å². The van der Waals surface area contributed by atoms with Crippen LogP contribution in [0, 0.1) is 11.8 Å². The first-order chi connectivity index (χ1) is 9.81. The molecule has 2 aliphatic carbocycles. The van der Waals surface area contributed by atoms with Gasteiger partial charge in [0.15, 0.2) is 0 Å². The average Bonchev–Trinajstić information content (AvgIpc) is 3.33. The molecule has 0 radical (unpaired) electrons. The van der Waals surface area contributed by atoms with E-state index >= 15 is 0 Å². The molecule has 20 heavy (non-hydrogen) atoms. The van der Waals surface area contributed by atoms with Crippen molar-refractivity contribution in [2.45, 2.75) is 38.3 Å². The zero-order chi connectivity index (χ0) is 13.5. The Morgan fingerprint density at radius 3 is 2.70 bits per heavy atom. The van der Waals surface area contributed by atoms with Crippen molar-refractivity contribution in [2.75, 3.05) is 0 Å². The second-order valence-corrected chi connectivity index (χ2v) is 6.10. The van der Waals surface area contributed by atoms with E-state index in [2.05, 4.69) is 10.3 Å². The number of pyridine rings is 1. The van der Waals surface area contributed by atoms with Crippen molar-refractivity contribution in [3.05, 3.63) is 46.5 Å². The van der Waals surface area contributed by atoms with Crippen LogP contribution in [0.4, 0.5) is 0 Å². The molecule has 0 aliphatic heterocycles. The molecule has 2 aliphatic rings. The van der Waals surface area contributed by atoms with Crippen molar-refractivity contribution in [3.8, 4) is 0 Å². The Balaban J connectivity index is 1.54. The highest BCUT2D eigenvalue weighted by atomic mass is 16.1. The normalized spacial score (nSPS) is 18.9. The van der Waals surface area contributed by atoms with Gasteiger partial charge in [-0.25, -0.2) is 4.98 Å². The molecule has 4 rings (SSSR count). The first-order valence-electron chi connectivity index (χ1n) is 7.52. The number of hydrogen-bond donors (Lipinski definition) is 1. The molecule has 2 fully saturated rings. The van der Waals surface area contributed by atoms with Crippen LogP contribution >= 0.6 is 0 Å². The second-order valence-electron chi connectivity index (χ2n) is 6.10. The topological polar surface area (TPSA) is 46.4 Å². The van der Waals surface area contributed by atoms with Gasteiger partial charge in [-0.1, -0.05) is 6.07 Å². The quantitative estimate of drug-likeness (QED) is 0.902. The summed E-state index contributed by atoms with van der Waals surface area (Å²) < 4.78 is 1.59. The Morgan fingerprint density at radius 1 is 1.25 bits per heavy atom. The van der Waals surface area contributed by atoms with Gasteiger partial charge in [-0.3, -0.25) is 9.20 Å². The number of hydrogen-bond acceptors (Lipinski definition) is 3. The van der Waals surface area contributed by atoms with Crippen molar-refractivity contribution in [3.63, 3.8) is 0 Å². The predicted molar refractivity (Wildman–Crippen MR) is 77.5 cm³/mol. The summed E-state index contributed by atoms with van der Waals surface area (Å²) in [5, 5.41) is 3.64. The molecule has 2 saturated carbocycles. The van der Waals surface area contributed by atoms with Crippen LogP contribution in [0.25, 0.3) is 5.65 Å². The molecule has 0 amide bonds. The maximum atomic E-state index is 12.0. The maximum Gasteiger partial charge on any atom is 0.258 e. The van der Waals surface area contributed by atoms with E-state index < -0.39 is 0 Å². The fourth-order valence-corrected chi connectivity index (χ4v) is 3.04. The van der Waals surface area contributed by atoms with E-state index in [4.69, 9.17) is 0 Å². The minimum Gasteiger partial charge on any atom is -0.308 e. The minimum atomic E-state index is 0.00166. The zero-order valence-corrected chi connectivity index (χ0v) is 11.5. The van der Waals surface area contributed by atoms with E-state index in [0.29, 0.717) is 12.6 Å². The predicted octanol–water partition coefficient (Wildman–Crippen LogP) is 1.97. The average molecular weight is 269 g/mol. The third kappa shape index (κ3) is 2.36. The van der Waals surface area contributed by atoms with E-state index in [1.165, 1.54) is 25.7 Å². The smallest absolute Gasteiger partial charge is 0.258 e. The van der Waals surface area contributed by atoms with Gasteiger partial charge in [0.25, 0.3) is 5.56 Å². The molecule has 0 saturated heterocycles. The molecule has 0 spiro atoms. The first-order valence-corrected chi connectivity index (χ1v) is 7.52. The van der Waals surface area contributed by atoms with Crippen molar-refractivity contribution < 1.29 is 0 Å². The van der Waals surface area contributed by atoms with E-state index in [1.54, 1.807) is 16.7 Å². The van der Waals surface area contributed by atoms with Crippen molar-refractivity contribution in [1.82, 2.24) is 14.7 Å². The Hall–Kier alpha value is -1.68. The lowest BCUT2D eigenvalue weighted by Gasteiger charge is -2.17. The number of rotatable bonds is 5. The Kier molecular flexibility index (Phi) is 2.84. The summed E-state index contributed by atoms with van der Waals surface area (Å²) in [5.41, 5.74) is 1.58. The lowest BCUT2D eigenvalue weighted by Crippen LogP contribution is -2.33. The Labute approximate surface area is 117 Å². The number of nitrogens with one attached hydrogen (secondary N) is 1. The molecule has 1 N–H and O–H groups in total. The fraction of sp³-hybridized carbons (Fsp3) is 0.500. The van der Waals surface area contributed by atoms with E-state index in [9.17, 15) is 4.79 Å². The lowest BCUT2D eigenvalue weighted by molar-refractivity contribution is 0.413. The summed E-state index contributed by atoms with van der Waals surface area (Å²) in [5.74, 6) is 1.73. The Bertz CT molecular complexity index is 673. The van der Waals surface area contributed by atoms with Crippen molar-refractivity contribution in [1.29, 1.82) is 0 Å². The fourth-order valence-electron chi connectivity index (χ4n) is 3.04. The van der Waals surface area contributed by atoms with Gasteiger partial charge < -0.3 is 5.32 Å². The number of aromatic nitrogens is 2. The molecule has 4 heteroatoms. The molecule has 0 aromatic carbocycles. The highest BCUT2D eigenvalue weighted by Crippen LogP contribution is 2.44. The van der Waals surface area contributed by atoms with Crippen LogP contribution in [-0.4, -0.2) is 15.4 Å². The molecular weight excluding hydrogens is 250 g/mol. The van der Waals surface area contributed by atoms with Gasteiger partial charge in [0.05, 0.1) is 5.69 Å². The third-order valence-corrected chi connectivity index (χ3v) is 4.40. The van der Waals surface area contributed by atoms with Crippen LogP contribution in [0.1, 0.15) is 31.4 Å². The van der Waals surface area contributed by atoms with Gasteiger partial charge in [0.1, 0.15) is 5.65 Å². The zero-order valence-electron chi connectivity index (χ0n) is 11.5. The van der Waals surface area contributed by atoms with Crippen molar-refractivity contribution in [2.24, 2.45) is 11.8 Å². The van der Waals surface area contributed by atoms with E-state index in [1.807, 2.05) is 18.2 Å². The van der Waals surface area contributed by atoms with Crippen LogP contribution in [0.2, 0.25) is 0 Å². The molecule has 0 unspecified atom stereocenters. The number of fused-ring (bicyclic) bond motifs is 1. The van der Waals surface area contributed by atoms with E-state index in [-0.39, 0.29) is 5.56 Å². The number of nitrogens with zero attached hydrogens (tertiary/aromatic N) is 2. The summed E-state index contributed by atoms with van der Waals surface area (Å²) in [6.45, 7) is 0.707. The Morgan fingerprint density at radius 2 is 2.00 bits per heavy atom. The standard InChI is InChI=1S/C16H19N3O/c20-15-9-13(18-14-3-1-2-8-19(14)15)10-17-16(11-4-5-11)12-6-7-12/h1-3,8-9,11-12,16-17H,4-7,10H2. The van der Waals surface area contributed by atoms with Crippen LogP contribution in [0.15, 0.2) is 35.3 Å². The summed E-state index contributed by atoms with van der Waals surface area (Å²) in [6, 6.07) is 7.94. The second kappa shape index (κ2) is 4.70. The highest BCUT2D eigenvalue weighted by molar-refractivity contribution is 5.37.